The van der Waals surface area contributed by atoms with E-state index < -0.39 is 29.2 Å². The van der Waals surface area contributed by atoms with Crippen molar-refractivity contribution in [3.8, 4) is 45.6 Å². The maximum Gasteiger partial charge on any atom is 0.308 e. The number of esters is 2. The minimum atomic E-state index is -0.768. The molecule has 4 aromatic rings. The van der Waals surface area contributed by atoms with Gasteiger partial charge in [0.2, 0.25) is 0 Å². The number of carbonyl (C=O) groups is 2. The smallest absolute Gasteiger partial charge is 0.308 e. The molecule has 1 aromatic heterocycles. The van der Waals surface area contributed by atoms with Crippen molar-refractivity contribution in [1.29, 1.82) is 0 Å². The van der Waals surface area contributed by atoms with Crippen LogP contribution in [0.4, 0.5) is 0 Å². The second-order valence-corrected chi connectivity index (χ2v) is 8.62. The zero-order valence-corrected chi connectivity index (χ0v) is 20.1. The highest BCUT2D eigenvalue weighted by atomic mass is 79.9. The van der Waals surface area contributed by atoms with Crippen molar-refractivity contribution in [3.63, 3.8) is 0 Å². The molecule has 1 heterocycles. The quantitative estimate of drug-likeness (QED) is 0.141. The van der Waals surface area contributed by atoms with Crippen molar-refractivity contribution in [3.05, 3.63) is 33.2 Å². The fraction of sp³-hybridized carbons (Fsp3) is 0.0909. The lowest BCUT2D eigenvalue weighted by Crippen LogP contribution is -2.09. The number of rotatable bonds is 3. The van der Waals surface area contributed by atoms with Crippen molar-refractivity contribution in [1.82, 2.24) is 0 Å². The predicted octanol–water partition coefficient (Wildman–Crippen LogP) is 5.45. The largest absolute Gasteiger partial charge is 0.507 e. The van der Waals surface area contributed by atoms with Gasteiger partial charge in [0.05, 0.1) is 15.4 Å². The molecular formula is C22H14Br2O9. The summed E-state index contributed by atoms with van der Waals surface area (Å²) in [6, 6.07) is 5.40. The van der Waals surface area contributed by atoms with Gasteiger partial charge in [0.1, 0.15) is 10.2 Å². The molecular weight excluding hydrogens is 568 g/mol. The van der Waals surface area contributed by atoms with Crippen LogP contribution in [0.1, 0.15) is 13.8 Å². The summed E-state index contributed by atoms with van der Waals surface area (Å²) >= 11 is 6.33. The number of hydrogen-bond acceptors (Lipinski definition) is 9. The summed E-state index contributed by atoms with van der Waals surface area (Å²) in [4.78, 5) is 23.9. The summed E-state index contributed by atoms with van der Waals surface area (Å²) in [5, 5.41) is 41.4. The molecule has 0 aliphatic carbocycles. The van der Waals surface area contributed by atoms with Crippen LogP contribution in [0.3, 0.4) is 0 Å². The lowest BCUT2D eigenvalue weighted by Gasteiger charge is -2.17. The van der Waals surface area contributed by atoms with Gasteiger partial charge >= 0.3 is 11.9 Å². The summed E-state index contributed by atoms with van der Waals surface area (Å²) < 4.78 is 16.8. The number of hydrogen-bond donors (Lipinski definition) is 4. The van der Waals surface area contributed by atoms with Gasteiger partial charge in [-0.1, -0.05) is 6.07 Å². The van der Waals surface area contributed by atoms with E-state index in [1.54, 1.807) is 0 Å². The maximum atomic E-state index is 12.0. The molecule has 0 fully saturated rings. The van der Waals surface area contributed by atoms with Gasteiger partial charge in [0.15, 0.2) is 39.9 Å². The van der Waals surface area contributed by atoms with Gasteiger partial charge in [0.25, 0.3) is 0 Å². The molecule has 0 saturated heterocycles. The van der Waals surface area contributed by atoms with Crippen molar-refractivity contribution < 1.29 is 43.9 Å². The van der Waals surface area contributed by atoms with Crippen LogP contribution in [-0.4, -0.2) is 32.4 Å². The first-order valence-corrected chi connectivity index (χ1v) is 10.8. The van der Waals surface area contributed by atoms with Crippen molar-refractivity contribution in [2.24, 2.45) is 0 Å². The number of ether oxygens (including phenoxy) is 2. The molecule has 4 rings (SSSR count). The summed E-state index contributed by atoms with van der Waals surface area (Å²) in [5.74, 6) is -3.62. The number of phenolic OH excluding ortho intramolecular Hbond substituents is 4. The zero-order valence-electron chi connectivity index (χ0n) is 16.9. The van der Waals surface area contributed by atoms with Gasteiger partial charge in [-0.3, -0.25) is 9.59 Å². The van der Waals surface area contributed by atoms with Gasteiger partial charge in [-0.05, 0) is 55.6 Å². The molecule has 0 aliphatic rings. The van der Waals surface area contributed by atoms with Crippen molar-refractivity contribution in [2.45, 2.75) is 13.8 Å². The molecule has 3 aromatic carbocycles. The van der Waals surface area contributed by atoms with Gasteiger partial charge in [-0.25, -0.2) is 0 Å². The summed E-state index contributed by atoms with van der Waals surface area (Å²) in [5.41, 5.74) is 0.0936. The molecule has 4 N–H and O–H groups in total. The summed E-state index contributed by atoms with van der Waals surface area (Å²) in [6.45, 7) is 2.26. The van der Waals surface area contributed by atoms with E-state index >= 15 is 0 Å². The first kappa shape index (κ1) is 22.7. The Morgan fingerprint density at radius 2 is 1.48 bits per heavy atom. The Morgan fingerprint density at radius 3 is 2.09 bits per heavy atom. The summed E-state index contributed by atoms with van der Waals surface area (Å²) in [6.07, 6.45) is 0. The van der Waals surface area contributed by atoms with Gasteiger partial charge in [-0.15, -0.1) is 0 Å². The minimum Gasteiger partial charge on any atom is -0.507 e. The molecule has 0 bridgehead atoms. The second-order valence-electron chi connectivity index (χ2n) is 6.98. The van der Waals surface area contributed by atoms with E-state index in [1.807, 2.05) is 0 Å². The molecule has 0 amide bonds. The molecule has 33 heavy (non-hydrogen) atoms. The van der Waals surface area contributed by atoms with E-state index in [9.17, 15) is 30.0 Å². The van der Waals surface area contributed by atoms with E-state index in [-0.39, 0.29) is 59.3 Å². The monoisotopic (exact) mass is 580 g/mol. The van der Waals surface area contributed by atoms with Gasteiger partial charge < -0.3 is 34.3 Å². The number of fused-ring (bicyclic) bond motifs is 3. The van der Waals surface area contributed by atoms with Crippen LogP contribution < -0.4 is 9.47 Å². The Kier molecular flexibility index (Phi) is 5.62. The van der Waals surface area contributed by atoms with Crippen LogP contribution in [0.15, 0.2) is 37.6 Å². The third-order valence-corrected chi connectivity index (χ3v) is 6.09. The summed E-state index contributed by atoms with van der Waals surface area (Å²) in [7, 11) is 0. The van der Waals surface area contributed by atoms with Crippen LogP contribution in [0.5, 0.6) is 34.5 Å². The first-order chi connectivity index (χ1) is 15.5. The average Bonchev–Trinajstić information content (AvgIpc) is 3.11. The number of carbonyl (C=O) groups excluding carboxylic acids is 2. The lowest BCUT2D eigenvalue weighted by atomic mass is 9.99. The fourth-order valence-corrected chi connectivity index (χ4v) is 4.30. The van der Waals surface area contributed by atoms with E-state index in [0.29, 0.717) is 0 Å². The highest BCUT2D eigenvalue weighted by molar-refractivity contribution is 9.11. The SMILES string of the molecule is CC(=O)Oc1c(-c2ccc(O)c(Br)c2)c(O)c2oc3c(Br)c(O)c(O)cc3c2c1OC(C)=O. The van der Waals surface area contributed by atoms with E-state index in [1.165, 1.54) is 18.2 Å². The first-order valence-electron chi connectivity index (χ1n) is 9.22. The third-order valence-electron chi connectivity index (χ3n) is 4.72. The van der Waals surface area contributed by atoms with Crippen LogP contribution in [0, 0.1) is 0 Å². The number of furan rings is 1. The zero-order chi connectivity index (χ0) is 24.2. The predicted molar refractivity (Wildman–Crippen MR) is 124 cm³/mol. The molecule has 11 heteroatoms. The third kappa shape index (κ3) is 3.72. The van der Waals surface area contributed by atoms with E-state index in [2.05, 4.69) is 31.9 Å². The molecule has 0 saturated carbocycles. The molecule has 170 valence electrons. The molecule has 9 nitrogen and oxygen atoms in total. The highest BCUT2D eigenvalue weighted by Crippen LogP contribution is 2.56. The Labute approximate surface area is 202 Å². The molecule has 0 spiro atoms. The van der Waals surface area contributed by atoms with Gasteiger partial charge in [0, 0.05) is 19.2 Å². The van der Waals surface area contributed by atoms with Gasteiger partial charge in [-0.2, -0.15) is 0 Å². The highest BCUT2D eigenvalue weighted by Gasteiger charge is 2.31. The standard InChI is InChI=1S/C22H14Br2O9/c1-7(25)31-21-14(9-3-4-12(27)11(23)5-9)18(30)20-15(22(21)32-8(2)26)10-6-13(28)17(29)16(24)19(10)33-20/h3-6,27-30H,1-2H3. The van der Waals surface area contributed by atoms with E-state index in [4.69, 9.17) is 13.9 Å². The Hall–Kier alpha value is -3.44. The fourth-order valence-electron chi connectivity index (χ4n) is 3.42. The Bertz CT molecular complexity index is 1490. The average molecular weight is 582 g/mol. The van der Waals surface area contributed by atoms with Crippen LogP contribution in [0.2, 0.25) is 0 Å². The van der Waals surface area contributed by atoms with Crippen LogP contribution in [0.25, 0.3) is 33.1 Å². The Morgan fingerprint density at radius 1 is 0.848 bits per heavy atom. The molecule has 0 unspecified atom stereocenters. The molecule has 0 radical (unpaired) electrons. The maximum absolute atomic E-state index is 12.0. The normalized spacial score (nSPS) is 11.2. The molecule has 0 aliphatic heterocycles. The lowest BCUT2D eigenvalue weighted by molar-refractivity contribution is -0.134. The number of aromatic hydroxyl groups is 4. The number of benzene rings is 3. The van der Waals surface area contributed by atoms with Crippen molar-refractivity contribution >= 4 is 65.7 Å². The second kappa shape index (κ2) is 8.16. The minimum absolute atomic E-state index is 0.00941. The molecule has 0 atom stereocenters. The number of phenols is 4. The van der Waals surface area contributed by atoms with E-state index in [0.717, 1.165) is 19.9 Å². The van der Waals surface area contributed by atoms with Crippen molar-refractivity contribution in [2.75, 3.05) is 0 Å². The Balaban J connectivity index is 2.26. The number of halogens is 2. The van der Waals surface area contributed by atoms with Crippen LogP contribution >= 0.6 is 31.9 Å². The topological polar surface area (TPSA) is 147 Å². The van der Waals surface area contributed by atoms with Crippen LogP contribution in [-0.2, 0) is 9.59 Å².